The molecule has 0 saturated heterocycles. The maximum Gasteiger partial charge on any atom is 0.345 e. The molecule has 0 aromatic heterocycles. The first-order valence-corrected chi connectivity index (χ1v) is 11.2. The summed E-state index contributed by atoms with van der Waals surface area (Å²) in [7, 11) is 0. The maximum absolute atomic E-state index is 12.5. The molecule has 3 aromatic rings. The van der Waals surface area contributed by atoms with E-state index in [0.717, 1.165) is 0 Å². The standard InChI is InChI=1S/C24H19BrClN3O5/c1-2-33-18-10-8-17(9-11-18)28-22(30)23(31)29-27-14-15-13-16(25)7-12-21(15)34-24(32)19-5-3-4-6-20(19)26/h3-14H,2H2,1H3,(H,28,30)(H,29,31)/b27-14+. The molecule has 0 spiro atoms. The van der Waals surface area contributed by atoms with Crippen LogP contribution in [-0.4, -0.2) is 30.6 Å². The lowest BCUT2D eigenvalue weighted by atomic mass is 10.2. The third-order valence-corrected chi connectivity index (χ3v) is 5.09. The number of amides is 2. The van der Waals surface area contributed by atoms with E-state index in [9.17, 15) is 14.4 Å². The molecule has 3 aromatic carbocycles. The average molecular weight is 545 g/mol. The number of benzene rings is 3. The lowest BCUT2D eigenvalue weighted by molar-refractivity contribution is -0.136. The number of esters is 1. The first-order chi connectivity index (χ1) is 16.4. The minimum atomic E-state index is -0.977. The van der Waals surface area contributed by atoms with Gasteiger partial charge in [0.2, 0.25) is 0 Å². The molecule has 0 bridgehead atoms. The Kier molecular flexibility index (Phi) is 8.78. The van der Waals surface area contributed by atoms with Crippen LogP contribution < -0.4 is 20.2 Å². The van der Waals surface area contributed by atoms with E-state index in [4.69, 9.17) is 21.1 Å². The number of carbonyl (C=O) groups excluding carboxylic acids is 3. The van der Waals surface area contributed by atoms with Crippen LogP contribution in [0.5, 0.6) is 11.5 Å². The molecule has 0 saturated carbocycles. The molecule has 0 unspecified atom stereocenters. The second kappa shape index (κ2) is 12.0. The zero-order valence-electron chi connectivity index (χ0n) is 17.9. The minimum absolute atomic E-state index is 0.185. The van der Waals surface area contributed by atoms with Crippen molar-refractivity contribution in [3.8, 4) is 11.5 Å². The van der Waals surface area contributed by atoms with E-state index in [1.54, 1.807) is 66.7 Å². The summed E-state index contributed by atoms with van der Waals surface area (Å²) in [6, 6.07) is 17.9. The lowest BCUT2D eigenvalue weighted by Crippen LogP contribution is -2.32. The number of carbonyl (C=O) groups is 3. The number of nitrogens with zero attached hydrogens (tertiary/aromatic N) is 1. The quantitative estimate of drug-likeness (QED) is 0.146. The number of nitrogens with one attached hydrogen (secondary N) is 2. The lowest BCUT2D eigenvalue weighted by Gasteiger charge is -2.09. The van der Waals surface area contributed by atoms with Crippen LogP contribution in [0.2, 0.25) is 5.02 Å². The fraction of sp³-hybridized carbons (Fsp3) is 0.0833. The first-order valence-electron chi connectivity index (χ1n) is 10.0. The van der Waals surface area contributed by atoms with Crippen molar-refractivity contribution in [3.63, 3.8) is 0 Å². The highest BCUT2D eigenvalue weighted by Gasteiger charge is 2.15. The number of halogens is 2. The van der Waals surface area contributed by atoms with Crippen molar-refractivity contribution in [1.29, 1.82) is 0 Å². The summed E-state index contributed by atoms with van der Waals surface area (Å²) < 4.78 is 11.5. The van der Waals surface area contributed by atoms with Crippen molar-refractivity contribution >= 4 is 57.2 Å². The summed E-state index contributed by atoms with van der Waals surface area (Å²) in [5.74, 6) is -1.70. The van der Waals surface area contributed by atoms with E-state index >= 15 is 0 Å². The highest BCUT2D eigenvalue weighted by Crippen LogP contribution is 2.24. The van der Waals surface area contributed by atoms with Crippen molar-refractivity contribution in [2.45, 2.75) is 6.92 Å². The van der Waals surface area contributed by atoms with Crippen molar-refractivity contribution in [2.24, 2.45) is 5.10 Å². The Morgan fingerprint density at radius 1 is 1.03 bits per heavy atom. The number of hydrogen-bond donors (Lipinski definition) is 2. The van der Waals surface area contributed by atoms with E-state index in [1.165, 1.54) is 6.21 Å². The van der Waals surface area contributed by atoms with Crippen LogP contribution in [0, 0.1) is 0 Å². The van der Waals surface area contributed by atoms with Crippen molar-refractivity contribution in [3.05, 3.63) is 87.4 Å². The van der Waals surface area contributed by atoms with Crippen molar-refractivity contribution in [1.82, 2.24) is 5.43 Å². The van der Waals surface area contributed by atoms with Gasteiger partial charge >= 0.3 is 17.8 Å². The molecule has 0 heterocycles. The molecular weight excluding hydrogens is 526 g/mol. The summed E-state index contributed by atoms with van der Waals surface area (Å²) >= 11 is 9.38. The summed E-state index contributed by atoms with van der Waals surface area (Å²) in [5.41, 5.74) is 3.14. The third kappa shape index (κ3) is 6.90. The Bertz CT molecular complexity index is 1230. The van der Waals surface area contributed by atoms with Gasteiger partial charge in [-0.2, -0.15) is 5.10 Å². The van der Waals surface area contributed by atoms with E-state index < -0.39 is 17.8 Å². The van der Waals surface area contributed by atoms with Gasteiger partial charge in [-0.15, -0.1) is 0 Å². The fourth-order valence-electron chi connectivity index (χ4n) is 2.69. The Labute approximate surface area is 209 Å². The monoisotopic (exact) mass is 543 g/mol. The largest absolute Gasteiger partial charge is 0.494 e. The molecule has 0 atom stereocenters. The normalized spacial score (nSPS) is 10.6. The molecule has 34 heavy (non-hydrogen) atoms. The SMILES string of the molecule is CCOc1ccc(NC(=O)C(=O)N/N=C/c2cc(Br)ccc2OC(=O)c2ccccc2Cl)cc1. The summed E-state index contributed by atoms with van der Waals surface area (Å²) in [4.78, 5) is 36.7. The van der Waals surface area contributed by atoms with Gasteiger partial charge in [-0.1, -0.05) is 39.7 Å². The second-order valence-corrected chi connectivity index (χ2v) is 7.99. The maximum atomic E-state index is 12.5. The van der Waals surface area contributed by atoms with Gasteiger partial charge in [-0.3, -0.25) is 9.59 Å². The minimum Gasteiger partial charge on any atom is -0.494 e. The second-order valence-electron chi connectivity index (χ2n) is 6.66. The van der Waals surface area contributed by atoms with Crippen LogP contribution in [0.25, 0.3) is 0 Å². The number of hydrogen-bond acceptors (Lipinski definition) is 6. The van der Waals surface area contributed by atoms with Gasteiger partial charge in [0.1, 0.15) is 11.5 Å². The summed E-state index contributed by atoms with van der Waals surface area (Å²) in [6.45, 7) is 2.38. The highest BCUT2D eigenvalue weighted by molar-refractivity contribution is 9.10. The highest BCUT2D eigenvalue weighted by atomic mass is 79.9. The van der Waals surface area contributed by atoms with Crippen LogP contribution in [0.3, 0.4) is 0 Å². The Morgan fingerprint density at radius 2 is 1.76 bits per heavy atom. The predicted octanol–water partition coefficient (Wildman–Crippen LogP) is 4.81. The molecule has 0 aliphatic rings. The third-order valence-electron chi connectivity index (χ3n) is 4.27. The number of anilines is 1. The molecule has 3 rings (SSSR count). The van der Waals surface area contributed by atoms with Crippen LogP contribution in [0.15, 0.2) is 76.3 Å². The zero-order valence-corrected chi connectivity index (χ0v) is 20.2. The molecule has 0 aliphatic heterocycles. The Morgan fingerprint density at radius 3 is 2.47 bits per heavy atom. The molecule has 0 fully saturated rings. The fourth-order valence-corrected chi connectivity index (χ4v) is 3.29. The molecule has 8 nitrogen and oxygen atoms in total. The number of hydrazone groups is 1. The summed E-state index contributed by atoms with van der Waals surface area (Å²) in [5, 5.41) is 6.51. The number of rotatable bonds is 7. The Balaban J connectivity index is 1.64. The molecule has 10 heteroatoms. The topological polar surface area (TPSA) is 106 Å². The Hall–Kier alpha value is -3.69. The van der Waals surface area contributed by atoms with E-state index in [-0.39, 0.29) is 16.3 Å². The summed E-state index contributed by atoms with van der Waals surface area (Å²) in [6.07, 6.45) is 1.25. The van der Waals surface area contributed by atoms with Gasteiger partial charge in [0.05, 0.1) is 23.4 Å². The smallest absolute Gasteiger partial charge is 0.345 e. The zero-order chi connectivity index (χ0) is 24.5. The molecular formula is C24H19BrClN3O5. The molecule has 2 amide bonds. The molecule has 2 N–H and O–H groups in total. The van der Waals surface area contributed by atoms with Crippen LogP contribution in [0.1, 0.15) is 22.8 Å². The predicted molar refractivity (Wildman–Crippen MR) is 133 cm³/mol. The van der Waals surface area contributed by atoms with Gasteiger partial charge in [0, 0.05) is 15.7 Å². The van der Waals surface area contributed by atoms with Crippen LogP contribution in [0.4, 0.5) is 5.69 Å². The number of ether oxygens (including phenoxy) is 2. The van der Waals surface area contributed by atoms with Gasteiger partial charge in [0.15, 0.2) is 0 Å². The van der Waals surface area contributed by atoms with Gasteiger partial charge in [-0.25, -0.2) is 10.2 Å². The van der Waals surface area contributed by atoms with E-state index in [2.05, 4.69) is 31.8 Å². The van der Waals surface area contributed by atoms with E-state index in [0.29, 0.717) is 28.1 Å². The average Bonchev–Trinajstić information content (AvgIpc) is 2.82. The molecule has 174 valence electrons. The van der Waals surface area contributed by atoms with Gasteiger partial charge < -0.3 is 14.8 Å². The van der Waals surface area contributed by atoms with Crippen LogP contribution >= 0.6 is 27.5 Å². The molecule has 0 radical (unpaired) electrons. The van der Waals surface area contributed by atoms with Gasteiger partial charge in [0.25, 0.3) is 0 Å². The van der Waals surface area contributed by atoms with Crippen molar-refractivity contribution < 1.29 is 23.9 Å². The van der Waals surface area contributed by atoms with Gasteiger partial charge in [-0.05, 0) is 61.5 Å². The molecule has 0 aliphatic carbocycles. The van der Waals surface area contributed by atoms with Crippen molar-refractivity contribution in [2.75, 3.05) is 11.9 Å². The first kappa shape index (κ1) is 24.9. The van der Waals surface area contributed by atoms with E-state index in [1.807, 2.05) is 6.92 Å². The van der Waals surface area contributed by atoms with Crippen LogP contribution in [-0.2, 0) is 9.59 Å².